The van der Waals surface area contributed by atoms with Gasteiger partial charge in [-0.3, -0.25) is 9.69 Å². The number of rotatable bonds is 7. The Bertz CT molecular complexity index is 675. The fourth-order valence-corrected chi connectivity index (χ4v) is 4.12. The Kier molecular flexibility index (Phi) is 6.04. The highest BCUT2D eigenvalue weighted by Gasteiger charge is 2.28. The maximum absolute atomic E-state index is 12.2. The molecule has 2 heterocycles. The third kappa shape index (κ3) is 5.00. The Labute approximate surface area is 153 Å². The van der Waals surface area contributed by atoms with Gasteiger partial charge in [0.25, 0.3) is 0 Å². The van der Waals surface area contributed by atoms with Crippen LogP contribution in [0.5, 0.6) is 0 Å². The molecule has 1 N–H and O–H groups in total. The predicted octanol–water partition coefficient (Wildman–Crippen LogP) is 2.85. The van der Waals surface area contributed by atoms with Gasteiger partial charge < -0.3 is 10.1 Å². The van der Waals surface area contributed by atoms with E-state index in [1.807, 2.05) is 18.2 Å². The summed E-state index contributed by atoms with van der Waals surface area (Å²) in [4.78, 5) is 19.2. The number of para-hydroxylation sites is 1. The molecule has 6 heteroatoms. The average Bonchev–Trinajstić information content (AvgIpc) is 3.03. The van der Waals surface area contributed by atoms with Gasteiger partial charge >= 0.3 is 0 Å². The number of aromatic nitrogens is 1. The molecule has 1 aromatic carbocycles. The molecule has 1 aliphatic heterocycles. The maximum Gasteiger partial charge on any atom is 0.220 e. The third-order valence-corrected chi connectivity index (χ3v) is 5.81. The van der Waals surface area contributed by atoms with Crippen molar-refractivity contribution in [2.24, 2.45) is 0 Å². The van der Waals surface area contributed by atoms with E-state index in [1.54, 1.807) is 11.3 Å². The summed E-state index contributed by atoms with van der Waals surface area (Å²) in [5.74, 6) is 0.127. The molecule has 1 aromatic heterocycles. The van der Waals surface area contributed by atoms with Gasteiger partial charge in [-0.05, 0) is 38.8 Å². The Morgan fingerprint density at radius 3 is 2.84 bits per heavy atom. The van der Waals surface area contributed by atoms with E-state index in [9.17, 15) is 4.79 Å². The number of carbonyl (C=O) groups is 1. The number of amides is 1. The van der Waals surface area contributed by atoms with Crippen molar-refractivity contribution in [3.8, 4) is 0 Å². The van der Waals surface area contributed by atoms with E-state index in [1.165, 1.54) is 4.70 Å². The molecule has 1 fully saturated rings. The zero-order chi connectivity index (χ0) is 17.7. The zero-order valence-electron chi connectivity index (χ0n) is 15.1. The van der Waals surface area contributed by atoms with Crippen LogP contribution in [0.2, 0.25) is 0 Å². The van der Waals surface area contributed by atoms with Crippen molar-refractivity contribution in [1.29, 1.82) is 0 Å². The first-order chi connectivity index (χ1) is 12.0. The summed E-state index contributed by atoms with van der Waals surface area (Å²) < 4.78 is 6.62. The number of nitrogens with one attached hydrogen (secondary N) is 1. The highest BCUT2D eigenvalue weighted by molar-refractivity contribution is 7.18. The SMILES string of the molecule is CC(C)(CNC(=O)CCCc1nc2ccccc2s1)N1CCOCC1. The molecule has 2 aromatic rings. The molecule has 0 unspecified atom stereocenters. The zero-order valence-corrected chi connectivity index (χ0v) is 15.9. The fraction of sp³-hybridized carbons (Fsp3) is 0.579. The smallest absolute Gasteiger partial charge is 0.220 e. The van der Waals surface area contributed by atoms with Crippen LogP contribution in [0, 0.1) is 0 Å². The van der Waals surface area contributed by atoms with Crippen LogP contribution in [-0.2, 0) is 16.0 Å². The summed E-state index contributed by atoms with van der Waals surface area (Å²) in [7, 11) is 0. The number of fused-ring (bicyclic) bond motifs is 1. The van der Waals surface area contributed by atoms with Crippen LogP contribution in [-0.4, -0.2) is 54.2 Å². The molecule has 25 heavy (non-hydrogen) atoms. The summed E-state index contributed by atoms with van der Waals surface area (Å²) >= 11 is 1.72. The summed E-state index contributed by atoms with van der Waals surface area (Å²) in [6.07, 6.45) is 2.25. The Morgan fingerprint density at radius 2 is 2.08 bits per heavy atom. The van der Waals surface area contributed by atoms with Gasteiger partial charge in [-0.25, -0.2) is 4.98 Å². The largest absolute Gasteiger partial charge is 0.379 e. The number of aryl methyl sites for hydroxylation is 1. The molecule has 5 nitrogen and oxygen atoms in total. The van der Waals surface area contributed by atoms with Crippen molar-refractivity contribution >= 4 is 27.5 Å². The molecular formula is C19H27N3O2S. The van der Waals surface area contributed by atoms with Gasteiger partial charge in [0.1, 0.15) is 0 Å². The molecule has 0 spiro atoms. The number of nitrogens with zero attached hydrogens (tertiary/aromatic N) is 2. The number of hydrogen-bond donors (Lipinski definition) is 1. The molecule has 0 radical (unpaired) electrons. The van der Waals surface area contributed by atoms with Crippen LogP contribution in [0.25, 0.3) is 10.2 Å². The normalized spacial score (nSPS) is 16.2. The maximum atomic E-state index is 12.2. The first-order valence-corrected chi connectivity index (χ1v) is 9.80. The van der Waals surface area contributed by atoms with Gasteiger partial charge in [0, 0.05) is 31.6 Å². The quantitative estimate of drug-likeness (QED) is 0.824. The first kappa shape index (κ1) is 18.3. The monoisotopic (exact) mass is 361 g/mol. The van der Waals surface area contributed by atoms with Crippen LogP contribution in [0.1, 0.15) is 31.7 Å². The van der Waals surface area contributed by atoms with E-state index in [0.717, 1.165) is 49.7 Å². The van der Waals surface area contributed by atoms with Gasteiger partial charge in [0.2, 0.25) is 5.91 Å². The number of ether oxygens (including phenoxy) is 1. The van der Waals surface area contributed by atoms with E-state index < -0.39 is 0 Å². The van der Waals surface area contributed by atoms with Crippen molar-refractivity contribution in [3.63, 3.8) is 0 Å². The second kappa shape index (κ2) is 8.25. The standard InChI is InChI=1S/C19H27N3O2S/c1-19(2,22-10-12-24-13-11-22)14-20-17(23)8-5-9-18-21-15-6-3-4-7-16(15)25-18/h3-4,6-7H,5,8-14H2,1-2H3,(H,20,23). The van der Waals surface area contributed by atoms with E-state index in [0.29, 0.717) is 13.0 Å². The lowest BCUT2D eigenvalue weighted by Crippen LogP contribution is -2.55. The summed E-state index contributed by atoms with van der Waals surface area (Å²) in [5.41, 5.74) is 1.02. The fourth-order valence-electron chi connectivity index (χ4n) is 3.11. The van der Waals surface area contributed by atoms with E-state index in [-0.39, 0.29) is 11.4 Å². The lowest BCUT2D eigenvalue weighted by atomic mass is 10.0. The molecular weight excluding hydrogens is 334 g/mol. The van der Waals surface area contributed by atoms with Crippen molar-refractivity contribution < 1.29 is 9.53 Å². The van der Waals surface area contributed by atoms with Crippen LogP contribution >= 0.6 is 11.3 Å². The highest BCUT2D eigenvalue weighted by Crippen LogP contribution is 2.22. The Balaban J connectivity index is 1.40. The highest BCUT2D eigenvalue weighted by atomic mass is 32.1. The van der Waals surface area contributed by atoms with Crippen LogP contribution in [0.15, 0.2) is 24.3 Å². The van der Waals surface area contributed by atoms with Crippen molar-refractivity contribution in [3.05, 3.63) is 29.3 Å². The van der Waals surface area contributed by atoms with E-state index in [4.69, 9.17) is 4.74 Å². The number of benzene rings is 1. The molecule has 1 saturated heterocycles. The average molecular weight is 362 g/mol. The van der Waals surface area contributed by atoms with Crippen molar-refractivity contribution in [2.45, 2.75) is 38.6 Å². The molecule has 0 atom stereocenters. The Morgan fingerprint density at radius 1 is 1.32 bits per heavy atom. The second-order valence-corrected chi connectivity index (χ2v) is 8.23. The van der Waals surface area contributed by atoms with Crippen molar-refractivity contribution in [2.75, 3.05) is 32.8 Å². The van der Waals surface area contributed by atoms with Crippen LogP contribution < -0.4 is 5.32 Å². The molecule has 1 amide bonds. The van der Waals surface area contributed by atoms with E-state index in [2.05, 4.69) is 35.1 Å². The van der Waals surface area contributed by atoms with Gasteiger partial charge in [-0.1, -0.05) is 12.1 Å². The number of morpholine rings is 1. The number of thiazole rings is 1. The number of hydrogen-bond acceptors (Lipinski definition) is 5. The minimum absolute atomic E-state index is 0.0352. The van der Waals surface area contributed by atoms with Gasteiger partial charge in [-0.15, -0.1) is 11.3 Å². The third-order valence-electron chi connectivity index (χ3n) is 4.72. The lowest BCUT2D eigenvalue weighted by molar-refractivity contribution is -0.122. The van der Waals surface area contributed by atoms with Crippen LogP contribution in [0.3, 0.4) is 0 Å². The Hall–Kier alpha value is -1.50. The lowest BCUT2D eigenvalue weighted by Gasteiger charge is -2.40. The first-order valence-electron chi connectivity index (χ1n) is 8.98. The molecule has 1 aliphatic rings. The number of carbonyl (C=O) groups excluding carboxylic acids is 1. The molecule has 0 saturated carbocycles. The molecule has 3 rings (SSSR count). The molecule has 0 aliphatic carbocycles. The predicted molar refractivity (Wildman–Crippen MR) is 102 cm³/mol. The molecule has 0 bridgehead atoms. The van der Waals surface area contributed by atoms with Gasteiger partial charge in [-0.2, -0.15) is 0 Å². The molecule has 136 valence electrons. The summed E-state index contributed by atoms with van der Waals surface area (Å²) in [6.45, 7) is 8.45. The summed E-state index contributed by atoms with van der Waals surface area (Å²) in [5, 5.41) is 4.21. The van der Waals surface area contributed by atoms with Gasteiger partial charge in [0.05, 0.1) is 28.4 Å². The van der Waals surface area contributed by atoms with E-state index >= 15 is 0 Å². The summed E-state index contributed by atoms with van der Waals surface area (Å²) in [6, 6.07) is 8.18. The van der Waals surface area contributed by atoms with Gasteiger partial charge in [0.15, 0.2) is 0 Å². The van der Waals surface area contributed by atoms with Crippen LogP contribution in [0.4, 0.5) is 0 Å². The topological polar surface area (TPSA) is 54.5 Å². The minimum Gasteiger partial charge on any atom is -0.379 e. The minimum atomic E-state index is -0.0352. The van der Waals surface area contributed by atoms with Crippen molar-refractivity contribution in [1.82, 2.24) is 15.2 Å². The second-order valence-electron chi connectivity index (χ2n) is 7.12.